The molecule has 0 bridgehead atoms. The van der Waals surface area contributed by atoms with Crippen LogP contribution in [0.4, 0.5) is 0 Å². The van der Waals surface area contributed by atoms with Crippen molar-refractivity contribution < 1.29 is 4.74 Å². The lowest BCUT2D eigenvalue weighted by Crippen LogP contribution is -2.45. The molecule has 0 radical (unpaired) electrons. The largest absolute Gasteiger partial charge is 0.492 e. The zero-order valence-electron chi connectivity index (χ0n) is 11.7. The first-order valence-corrected chi connectivity index (χ1v) is 6.14. The van der Waals surface area contributed by atoms with E-state index in [9.17, 15) is 0 Å². The summed E-state index contributed by atoms with van der Waals surface area (Å²) in [7, 11) is 0. The molecule has 0 aromatic heterocycles. The predicted molar refractivity (Wildman–Crippen MR) is 76.1 cm³/mol. The SMILES string of the molecule is Cc1ccc(OCCN=C(N)NC(C)(C)C)cc1. The molecule has 18 heavy (non-hydrogen) atoms. The van der Waals surface area contributed by atoms with Crippen LogP contribution in [0, 0.1) is 6.92 Å². The number of rotatable bonds is 4. The Labute approximate surface area is 109 Å². The van der Waals surface area contributed by atoms with Crippen LogP contribution in [0.5, 0.6) is 5.75 Å². The van der Waals surface area contributed by atoms with Crippen molar-refractivity contribution in [3.05, 3.63) is 29.8 Å². The summed E-state index contributed by atoms with van der Waals surface area (Å²) in [5.74, 6) is 1.31. The molecule has 0 amide bonds. The second-order valence-electron chi connectivity index (χ2n) is 5.30. The van der Waals surface area contributed by atoms with Crippen LogP contribution >= 0.6 is 0 Å². The molecule has 0 aliphatic heterocycles. The van der Waals surface area contributed by atoms with E-state index in [0.29, 0.717) is 19.1 Å². The Morgan fingerprint density at radius 1 is 1.28 bits per heavy atom. The van der Waals surface area contributed by atoms with Crippen LogP contribution in [-0.2, 0) is 0 Å². The predicted octanol–water partition coefficient (Wildman–Crippen LogP) is 2.08. The number of nitrogens with zero attached hydrogens (tertiary/aromatic N) is 1. The fourth-order valence-corrected chi connectivity index (χ4v) is 1.39. The van der Waals surface area contributed by atoms with Gasteiger partial charge in [0.25, 0.3) is 0 Å². The van der Waals surface area contributed by atoms with Crippen LogP contribution in [0.2, 0.25) is 0 Å². The molecule has 3 N–H and O–H groups in total. The van der Waals surface area contributed by atoms with Crippen LogP contribution in [0.25, 0.3) is 0 Å². The highest BCUT2D eigenvalue weighted by atomic mass is 16.5. The van der Waals surface area contributed by atoms with Crippen molar-refractivity contribution in [2.75, 3.05) is 13.2 Å². The van der Waals surface area contributed by atoms with Gasteiger partial charge < -0.3 is 15.8 Å². The van der Waals surface area contributed by atoms with Crippen molar-refractivity contribution in [3.63, 3.8) is 0 Å². The Bertz CT molecular complexity index is 390. The van der Waals surface area contributed by atoms with Gasteiger partial charge in [-0.1, -0.05) is 17.7 Å². The second kappa shape index (κ2) is 6.28. The molecular formula is C14H23N3O. The van der Waals surface area contributed by atoms with Gasteiger partial charge >= 0.3 is 0 Å². The molecule has 1 rings (SSSR count). The Kier molecular flexibility index (Phi) is 5.01. The minimum Gasteiger partial charge on any atom is -0.492 e. The van der Waals surface area contributed by atoms with Gasteiger partial charge in [-0.05, 0) is 39.8 Å². The third-order valence-corrected chi connectivity index (χ3v) is 2.17. The Morgan fingerprint density at radius 3 is 2.44 bits per heavy atom. The lowest BCUT2D eigenvalue weighted by atomic mass is 10.1. The van der Waals surface area contributed by atoms with Gasteiger partial charge in [0.1, 0.15) is 12.4 Å². The molecule has 0 saturated carbocycles. The summed E-state index contributed by atoms with van der Waals surface area (Å²) in [5, 5.41) is 3.10. The van der Waals surface area contributed by atoms with Gasteiger partial charge in [0, 0.05) is 5.54 Å². The minimum atomic E-state index is -0.0641. The molecule has 0 atom stereocenters. The summed E-state index contributed by atoms with van der Waals surface area (Å²) in [4.78, 5) is 4.20. The average molecular weight is 249 g/mol. The van der Waals surface area contributed by atoms with Crippen LogP contribution in [0.3, 0.4) is 0 Å². The van der Waals surface area contributed by atoms with E-state index in [4.69, 9.17) is 10.5 Å². The standard InChI is InChI=1S/C14H23N3O/c1-11-5-7-12(8-6-11)18-10-9-16-13(15)17-14(2,3)4/h5-8H,9-10H2,1-4H3,(H3,15,16,17). The number of ether oxygens (including phenoxy) is 1. The topological polar surface area (TPSA) is 59.6 Å². The molecule has 1 aromatic rings. The number of nitrogens with two attached hydrogens (primary N) is 1. The molecule has 4 nitrogen and oxygen atoms in total. The number of benzene rings is 1. The molecule has 0 aliphatic rings. The molecular weight excluding hydrogens is 226 g/mol. The third-order valence-electron chi connectivity index (χ3n) is 2.17. The Morgan fingerprint density at radius 2 is 1.89 bits per heavy atom. The van der Waals surface area contributed by atoms with Crippen molar-refractivity contribution in [2.45, 2.75) is 33.2 Å². The fourth-order valence-electron chi connectivity index (χ4n) is 1.39. The van der Waals surface area contributed by atoms with E-state index < -0.39 is 0 Å². The molecule has 0 fully saturated rings. The van der Waals surface area contributed by atoms with Crippen molar-refractivity contribution >= 4 is 5.96 Å². The van der Waals surface area contributed by atoms with Gasteiger partial charge in [0.15, 0.2) is 5.96 Å². The number of aryl methyl sites for hydroxylation is 1. The maximum Gasteiger partial charge on any atom is 0.189 e. The van der Waals surface area contributed by atoms with Crippen LogP contribution < -0.4 is 15.8 Å². The highest BCUT2D eigenvalue weighted by Crippen LogP contribution is 2.10. The van der Waals surface area contributed by atoms with Gasteiger partial charge in [-0.25, -0.2) is 4.99 Å². The highest BCUT2D eigenvalue weighted by molar-refractivity contribution is 5.78. The van der Waals surface area contributed by atoms with E-state index >= 15 is 0 Å². The van der Waals surface area contributed by atoms with Crippen LogP contribution in [0.1, 0.15) is 26.3 Å². The van der Waals surface area contributed by atoms with Crippen molar-refractivity contribution in [1.82, 2.24) is 5.32 Å². The first kappa shape index (κ1) is 14.4. The van der Waals surface area contributed by atoms with Gasteiger partial charge in [-0.3, -0.25) is 0 Å². The molecule has 0 aliphatic carbocycles. The molecule has 4 heteroatoms. The van der Waals surface area contributed by atoms with Crippen LogP contribution in [-0.4, -0.2) is 24.7 Å². The average Bonchev–Trinajstić information content (AvgIpc) is 2.24. The van der Waals surface area contributed by atoms with Gasteiger partial charge in [0.2, 0.25) is 0 Å². The highest BCUT2D eigenvalue weighted by Gasteiger charge is 2.09. The van der Waals surface area contributed by atoms with Crippen molar-refractivity contribution in [3.8, 4) is 5.75 Å². The lowest BCUT2D eigenvalue weighted by molar-refractivity contribution is 0.328. The zero-order chi connectivity index (χ0) is 13.6. The first-order chi connectivity index (χ1) is 8.37. The molecule has 0 spiro atoms. The van der Waals surface area contributed by atoms with E-state index in [1.165, 1.54) is 5.56 Å². The maximum absolute atomic E-state index is 5.74. The molecule has 0 heterocycles. The second-order valence-corrected chi connectivity index (χ2v) is 5.30. The van der Waals surface area contributed by atoms with E-state index in [0.717, 1.165) is 5.75 Å². The monoisotopic (exact) mass is 249 g/mol. The molecule has 0 saturated heterocycles. The Balaban J connectivity index is 2.30. The van der Waals surface area contributed by atoms with E-state index in [-0.39, 0.29) is 5.54 Å². The number of aliphatic imine (C=N–C) groups is 1. The number of guanidine groups is 1. The van der Waals surface area contributed by atoms with Gasteiger partial charge in [-0.15, -0.1) is 0 Å². The van der Waals surface area contributed by atoms with Crippen molar-refractivity contribution in [1.29, 1.82) is 0 Å². The summed E-state index contributed by atoms with van der Waals surface area (Å²) >= 11 is 0. The van der Waals surface area contributed by atoms with E-state index in [1.54, 1.807) is 0 Å². The zero-order valence-corrected chi connectivity index (χ0v) is 11.7. The number of nitrogens with one attached hydrogen (secondary N) is 1. The molecule has 100 valence electrons. The summed E-state index contributed by atoms with van der Waals surface area (Å²) < 4.78 is 5.55. The molecule has 0 unspecified atom stereocenters. The normalized spacial score (nSPS) is 12.3. The lowest BCUT2D eigenvalue weighted by Gasteiger charge is -2.20. The molecule has 1 aromatic carbocycles. The van der Waals surface area contributed by atoms with E-state index in [2.05, 4.69) is 10.3 Å². The van der Waals surface area contributed by atoms with Crippen molar-refractivity contribution in [2.24, 2.45) is 10.7 Å². The van der Waals surface area contributed by atoms with Gasteiger partial charge in [-0.2, -0.15) is 0 Å². The first-order valence-electron chi connectivity index (χ1n) is 6.14. The fraction of sp³-hybridized carbons (Fsp3) is 0.500. The summed E-state index contributed by atoms with van der Waals surface area (Å²) in [5.41, 5.74) is 6.90. The smallest absolute Gasteiger partial charge is 0.189 e. The summed E-state index contributed by atoms with van der Waals surface area (Å²) in [6.45, 7) is 9.24. The van der Waals surface area contributed by atoms with Crippen LogP contribution in [0.15, 0.2) is 29.3 Å². The number of hydrogen-bond acceptors (Lipinski definition) is 2. The third kappa shape index (κ3) is 6.13. The quantitative estimate of drug-likeness (QED) is 0.488. The van der Waals surface area contributed by atoms with Gasteiger partial charge in [0.05, 0.1) is 6.54 Å². The maximum atomic E-state index is 5.74. The summed E-state index contributed by atoms with van der Waals surface area (Å²) in [6, 6.07) is 7.95. The summed E-state index contributed by atoms with van der Waals surface area (Å²) in [6.07, 6.45) is 0. The Hall–Kier alpha value is -1.71. The number of hydrogen-bond donors (Lipinski definition) is 2. The minimum absolute atomic E-state index is 0.0641. The van der Waals surface area contributed by atoms with E-state index in [1.807, 2.05) is 52.0 Å².